The fourth-order valence-corrected chi connectivity index (χ4v) is 4.40. The molecule has 2 aromatic rings. The molecule has 0 saturated carbocycles. The highest BCUT2D eigenvalue weighted by Crippen LogP contribution is 2.47. The van der Waals surface area contributed by atoms with Gasteiger partial charge < -0.3 is 14.8 Å². The predicted molar refractivity (Wildman–Crippen MR) is 111 cm³/mol. The third-order valence-electron chi connectivity index (χ3n) is 5.79. The normalized spacial score (nSPS) is 19.1. The van der Waals surface area contributed by atoms with Crippen LogP contribution in [0, 0.1) is 5.92 Å². The van der Waals surface area contributed by atoms with E-state index in [1.165, 1.54) is 12.8 Å². The van der Waals surface area contributed by atoms with Gasteiger partial charge in [0, 0.05) is 34.7 Å². The fourth-order valence-electron chi connectivity index (χ4n) is 4.40. The molecule has 0 radical (unpaired) electrons. The van der Waals surface area contributed by atoms with Crippen molar-refractivity contribution in [2.24, 2.45) is 5.92 Å². The minimum Gasteiger partial charge on any atom is -0.493 e. The zero-order valence-corrected chi connectivity index (χ0v) is 16.8. The average molecular weight is 380 g/mol. The highest BCUT2D eigenvalue weighted by Gasteiger charge is 2.33. The summed E-state index contributed by atoms with van der Waals surface area (Å²) in [4.78, 5) is 13.0. The summed E-state index contributed by atoms with van der Waals surface area (Å²) in [6, 6.07) is 11.6. The van der Waals surface area contributed by atoms with Gasteiger partial charge in [0.2, 0.25) is 0 Å². The van der Waals surface area contributed by atoms with Crippen molar-refractivity contribution in [3.05, 3.63) is 47.5 Å². The van der Waals surface area contributed by atoms with Crippen LogP contribution in [0.15, 0.2) is 36.4 Å². The Morgan fingerprint density at radius 1 is 1.07 bits per heavy atom. The Labute approximate surface area is 167 Å². The highest BCUT2D eigenvalue weighted by atomic mass is 16.5. The van der Waals surface area contributed by atoms with Crippen molar-refractivity contribution in [1.29, 1.82) is 0 Å². The van der Waals surface area contributed by atoms with Gasteiger partial charge in [-0.3, -0.25) is 4.79 Å². The first-order valence-electron chi connectivity index (χ1n) is 10.6. The molecule has 4 rings (SSSR count). The SMILES string of the molecule is CCCOc1cccc2c1-c1c(OC(CC)C3CCCNC3)cccc1C2=O. The molecular weight excluding hydrogens is 350 g/mol. The highest BCUT2D eigenvalue weighted by molar-refractivity contribution is 6.23. The number of carbonyl (C=O) groups excluding carboxylic acids is 1. The van der Waals surface area contributed by atoms with Crippen LogP contribution in [0.2, 0.25) is 0 Å². The van der Waals surface area contributed by atoms with Crippen LogP contribution in [0.3, 0.4) is 0 Å². The predicted octanol–water partition coefficient (Wildman–Crippen LogP) is 4.84. The van der Waals surface area contributed by atoms with E-state index in [-0.39, 0.29) is 11.9 Å². The third-order valence-corrected chi connectivity index (χ3v) is 5.79. The molecule has 0 aromatic heterocycles. The molecule has 4 nitrogen and oxygen atoms in total. The Morgan fingerprint density at radius 2 is 1.79 bits per heavy atom. The van der Waals surface area contributed by atoms with E-state index in [1.807, 2.05) is 36.4 Å². The summed E-state index contributed by atoms with van der Waals surface area (Å²) >= 11 is 0. The lowest BCUT2D eigenvalue weighted by molar-refractivity contribution is 0.103. The number of rotatable bonds is 7. The fraction of sp³-hybridized carbons (Fsp3) is 0.458. The maximum absolute atomic E-state index is 13.0. The van der Waals surface area contributed by atoms with Crippen LogP contribution in [-0.2, 0) is 0 Å². The van der Waals surface area contributed by atoms with Crippen LogP contribution < -0.4 is 14.8 Å². The Hall–Kier alpha value is -2.33. The molecule has 2 unspecified atom stereocenters. The first-order valence-corrected chi connectivity index (χ1v) is 10.6. The summed E-state index contributed by atoms with van der Waals surface area (Å²) in [7, 11) is 0. The van der Waals surface area contributed by atoms with Crippen molar-refractivity contribution in [1.82, 2.24) is 5.32 Å². The molecule has 2 atom stereocenters. The quantitative estimate of drug-likeness (QED) is 0.638. The number of ketones is 1. The summed E-state index contributed by atoms with van der Waals surface area (Å²) in [5.74, 6) is 2.13. The lowest BCUT2D eigenvalue weighted by Crippen LogP contribution is -2.39. The largest absolute Gasteiger partial charge is 0.493 e. The molecule has 0 bridgehead atoms. The van der Waals surface area contributed by atoms with Gasteiger partial charge in [-0.15, -0.1) is 0 Å². The van der Waals surface area contributed by atoms with Gasteiger partial charge in [0.15, 0.2) is 5.78 Å². The second kappa shape index (κ2) is 8.36. The zero-order chi connectivity index (χ0) is 19.5. The van der Waals surface area contributed by atoms with E-state index in [1.54, 1.807) is 0 Å². The first kappa shape index (κ1) is 19.0. The van der Waals surface area contributed by atoms with Gasteiger partial charge in [0.25, 0.3) is 0 Å². The maximum atomic E-state index is 13.0. The van der Waals surface area contributed by atoms with Gasteiger partial charge in [0.1, 0.15) is 17.6 Å². The Bertz CT molecular complexity index is 855. The molecular formula is C24H29NO3. The van der Waals surface area contributed by atoms with Crippen LogP contribution in [0.5, 0.6) is 11.5 Å². The van der Waals surface area contributed by atoms with Gasteiger partial charge >= 0.3 is 0 Å². The summed E-state index contributed by atoms with van der Waals surface area (Å²) in [5, 5.41) is 3.49. The molecule has 4 heteroatoms. The Balaban J connectivity index is 1.73. The summed E-state index contributed by atoms with van der Waals surface area (Å²) < 4.78 is 12.6. The zero-order valence-electron chi connectivity index (χ0n) is 16.8. The molecule has 1 saturated heterocycles. The number of hydrogen-bond donors (Lipinski definition) is 1. The van der Waals surface area contributed by atoms with Crippen molar-refractivity contribution in [2.75, 3.05) is 19.7 Å². The minimum absolute atomic E-state index is 0.0600. The average Bonchev–Trinajstić information content (AvgIpc) is 3.05. The molecule has 1 aliphatic carbocycles. The number of ether oxygens (including phenoxy) is 2. The Morgan fingerprint density at radius 3 is 2.43 bits per heavy atom. The van der Waals surface area contributed by atoms with E-state index in [2.05, 4.69) is 19.2 Å². The molecule has 2 aliphatic rings. The second-order valence-corrected chi connectivity index (χ2v) is 7.71. The topological polar surface area (TPSA) is 47.6 Å². The molecule has 1 aliphatic heterocycles. The number of carbonyl (C=O) groups is 1. The third kappa shape index (κ3) is 3.42. The van der Waals surface area contributed by atoms with Gasteiger partial charge in [-0.05, 0) is 44.4 Å². The van der Waals surface area contributed by atoms with Crippen LogP contribution in [-0.4, -0.2) is 31.6 Å². The molecule has 2 aromatic carbocycles. The number of hydrogen-bond acceptors (Lipinski definition) is 4. The van der Waals surface area contributed by atoms with Crippen molar-refractivity contribution in [3.63, 3.8) is 0 Å². The van der Waals surface area contributed by atoms with Crippen molar-refractivity contribution in [3.8, 4) is 22.6 Å². The number of piperidine rings is 1. The lowest BCUT2D eigenvalue weighted by Gasteiger charge is -2.31. The van der Waals surface area contributed by atoms with E-state index in [4.69, 9.17) is 9.47 Å². The van der Waals surface area contributed by atoms with Crippen LogP contribution in [0.1, 0.15) is 55.5 Å². The van der Waals surface area contributed by atoms with Gasteiger partial charge in [-0.25, -0.2) is 0 Å². The second-order valence-electron chi connectivity index (χ2n) is 7.71. The van der Waals surface area contributed by atoms with E-state index >= 15 is 0 Å². The maximum Gasteiger partial charge on any atom is 0.194 e. The van der Waals surface area contributed by atoms with Gasteiger partial charge in [-0.1, -0.05) is 38.1 Å². The molecule has 1 N–H and O–H groups in total. The summed E-state index contributed by atoms with van der Waals surface area (Å²) in [6.07, 6.45) is 4.39. The van der Waals surface area contributed by atoms with Crippen LogP contribution in [0.4, 0.5) is 0 Å². The van der Waals surface area contributed by atoms with Gasteiger partial charge in [-0.2, -0.15) is 0 Å². The molecule has 0 amide bonds. The number of nitrogens with one attached hydrogen (secondary N) is 1. The molecule has 1 fully saturated rings. The van der Waals surface area contributed by atoms with Crippen molar-refractivity contribution < 1.29 is 14.3 Å². The van der Waals surface area contributed by atoms with Gasteiger partial charge in [0.05, 0.1) is 6.61 Å². The van der Waals surface area contributed by atoms with Crippen LogP contribution >= 0.6 is 0 Å². The van der Waals surface area contributed by atoms with E-state index in [0.29, 0.717) is 18.1 Å². The monoisotopic (exact) mass is 379 g/mol. The van der Waals surface area contributed by atoms with Crippen molar-refractivity contribution >= 4 is 5.78 Å². The number of benzene rings is 2. The molecule has 1 heterocycles. The molecule has 28 heavy (non-hydrogen) atoms. The summed E-state index contributed by atoms with van der Waals surface area (Å²) in [5.41, 5.74) is 3.23. The Kier molecular flexibility index (Phi) is 5.67. The van der Waals surface area contributed by atoms with E-state index < -0.39 is 0 Å². The smallest absolute Gasteiger partial charge is 0.194 e. The van der Waals surface area contributed by atoms with Crippen LogP contribution in [0.25, 0.3) is 11.1 Å². The standard InChI is InChI=1S/C24H29NO3/c1-3-14-27-20-11-5-9-17-22(20)23-18(24(17)26)10-6-12-21(23)28-19(4-2)16-8-7-13-25-15-16/h5-6,9-12,16,19,25H,3-4,7-8,13-15H2,1-2H3. The van der Waals surface area contributed by atoms with Crippen molar-refractivity contribution in [2.45, 2.75) is 45.6 Å². The summed E-state index contributed by atoms with van der Waals surface area (Å²) in [6.45, 7) is 6.98. The molecule has 148 valence electrons. The van der Waals surface area contributed by atoms with E-state index in [9.17, 15) is 4.79 Å². The minimum atomic E-state index is 0.0600. The first-order chi connectivity index (χ1) is 13.7. The number of fused-ring (bicyclic) bond motifs is 3. The molecule has 0 spiro atoms. The lowest BCUT2D eigenvalue weighted by atomic mass is 9.92. The van der Waals surface area contributed by atoms with E-state index in [0.717, 1.165) is 54.1 Å².